The van der Waals surface area contributed by atoms with Gasteiger partial charge >= 0.3 is 0 Å². The van der Waals surface area contributed by atoms with E-state index in [9.17, 15) is 0 Å². The minimum atomic E-state index is 0.477. The number of ether oxygens (including phenoxy) is 8. The summed E-state index contributed by atoms with van der Waals surface area (Å²) in [5.74, 6) is 1.68. The fraction of sp³-hybridized carbons (Fsp3) is 0.667. The van der Waals surface area contributed by atoms with Crippen LogP contribution in [0.2, 0.25) is 0 Å². The van der Waals surface area contributed by atoms with Crippen LogP contribution in [0.4, 0.5) is 0 Å². The molecule has 10 heteroatoms. The van der Waals surface area contributed by atoms with Crippen molar-refractivity contribution in [3.8, 4) is 21.3 Å². The van der Waals surface area contributed by atoms with Crippen LogP contribution in [0.3, 0.4) is 0 Å². The first-order valence-electron chi connectivity index (χ1n) is 11.7. The molecule has 2 aromatic heterocycles. The molecule has 2 rings (SSSR count). The van der Waals surface area contributed by atoms with Gasteiger partial charge in [0.1, 0.15) is 24.7 Å². The molecule has 8 nitrogen and oxygen atoms in total. The van der Waals surface area contributed by atoms with Gasteiger partial charge in [0.15, 0.2) is 0 Å². The predicted octanol–water partition coefficient (Wildman–Crippen LogP) is 4.37. The largest absolute Gasteiger partial charge is 0.490 e. The van der Waals surface area contributed by atoms with Crippen molar-refractivity contribution < 1.29 is 37.9 Å². The maximum atomic E-state index is 5.95. The third kappa shape index (κ3) is 12.5. The van der Waals surface area contributed by atoms with Crippen LogP contribution < -0.4 is 9.47 Å². The first kappa shape index (κ1) is 29.0. The van der Waals surface area contributed by atoms with Crippen molar-refractivity contribution in [2.45, 2.75) is 13.8 Å². The highest BCUT2D eigenvalue weighted by molar-refractivity contribution is 7.21. The van der Waals surface area contributed by atoms with Crippen LogP contribution in [0.15, 0.2) is 22.9 Å². The quantitative estimate of drug-likeness (QED) is 0.201. The molecule has 0 bridgehead atoms. The first-order valence-corrected chi connectivity index (χ1v) is 13.5. The second-order valence-electron chi connectivity index (χ2n) is 6.77. The topological polar surface area (TPSA) is 73.8 Å². The normalized spacial score (nSPS) is 11.2. The number of thiophene rings is 2. The van der Waals surface area contributed by atoms with E-state index in [1.807, 2.05) is 36.7 Å². The minimum Gasteiger partial charge on any atom is -0.490 e. The third-order valence-corrected chi connectivity index (χ3v) is 6.29. The zero-order valence-electron chi connectivity index (χ0n) is 20.3. The van der Waals surface area contributed by atoms with Crippen molar-refractivity contribution in [3.05, 3.63) is 22.9 Å². The Morgan fingerprint density at radius 1 is 0.471 bits per heavy atom. The molecule has 0 amide bonds. The lowest BCUT2D eigenvalue weighted by atomic mass is 10.3. The van der Waals surface area contributed by atoms with E-state index < -0.39 is 0 Å². The first-order chi connectivity index (χ1) is 16.9. The number of hydrogen-bond donors (Lipinski definition) is 0. The standard InChI is InChI=1S/C24H38O8S2/c1-3-25-7-9-27-11-13-29-15-17-31-21-5-19-33-23(21)24-22(6-20-34-24)32-18-16-30-14-12-28-10-8-26-4-2/h5-6,19-20H,3-4,7-18H2,1-2H3. The van der Waals surface area contributed by atoms with Crippen molar-refractivity contribution in [2.24, 2.45) is 0 Å². The van der Waals surface area contributed by atoms with Crippen molar-refractivity contribution >= 4 is 22.7 Å². The van der Waals surface area contributed by atoms with Crippen molar-refractivity contribution in [3.63, 3.8) is 0 Å². The van der Waals surface area contributed by atoms with E-state index in [-0.39, 0.29) is 0 Å². The highest BCUT2D eigenvalue weighted by Crippen LogP contribution is 2.44. The molecule has 0 fully saturated rings. The zero-order chi connectivity index (χ0) is 24.1. The molecule has 194 valence electrons. The summed E-state index contributed by atoms with van der Waals surface area (Å²) >= 11 is 3.27. The van der Waals surface area contributed by atoms with Gasteiger partial charge in [0.05, 0.1) is 75.8 Å². The number of rotatable bonds is 23. The Hall–Kier alpha value is -1.24. The molecular weight excluding hydrogens is 480 g/mol. The zero-order valence-corrected chi connectivity index (χ0v) is 21.9. The second kappa shape index (κ2) is 20.0. The summed E-state index contributed by atoms with van der Waals surface area (Å²) in [6.07, 6.45) is 0. The molecule has 0 N–H and O–H groups in total. The third-order valence-electron chi connectivity index (χ3n) is 4.33. The molecule has 0 unspecified atom stereocenters. The SMILES string of the molecule is CCOCCOCCOCCOc1ccsc1-c1sccc1OCCOCCOCCOCC. The van der Waals surface area contributed by atoms with Gasteiger partial charge in [-0.3, -0.25) is 0 Å². The van der Waals surface area contributed by atoms with Gasteiger partial charge in [-0.15, -0.1) is 22.7 Å². The van der Waals surface area contributed by atoms with Gasteiger partial charge in [-0.2, -0.15) is 0 Å². The maximum Gasteiger partial charge on any atom is 0.138 e. The van der Waals surface area contributed by atoms with E-state index in [0.717, 1.165) is 21.3 Å². The van der Waals surface area contributed by atoms with Crippen LogP contribution in [0.5, 0.6) is 11.5 Å². The Morgan fingerprint density at radius 2 is 0.794 bits per heavy atom. The van der Waals surface area contributed by atoms with E-state index >= 15 is 0 Å². The van der Waals surface area contributed by atoms with Crippen molar-refractivity contribution in [1.82, 2.24) is 0 Å². The maximum absolute atomic E-state index is 5.95. The monoisotopic (exact) mass is 518 g/mol. The second-order valence-corrected chi connectivity index (χ2v) is 8.60. The molecule has 0 aromatic carbocycles. The Kier molecular flexibility index (Phi) is 17.1. The van der Waals surface area contributed by atoms with E-state index in [1.165, 1.54) is 0 Å². The van der Waals surface area contributed by atoms with Gasteiger partial charge in [-0.1, -0.05) is 0 Å². The molecule has 0 saturated carbocycles. The molecule has 0 saturated heterocycles. The van der Waals surface area contributed by atoms with Crippen LogP contribution in [0.25, 0.3) is 9.75 Å². The average molecular weight is 519 g/mol. The van der Waals surface area contributed by atoms with E-state index in [4.69, 9.17) is 37.9 Å². The Balaban J connectivity index is 1.59. The Labute approximate surface area is 211 Å². The van der Waals surface area contributed by atoms with Gasteiger partial charge < -0.3 is 37.9 Å². The van der Waals surface area contributed by atoms with E-state index in [0.29, 0.717) is 92.5 Å². The summed E-state index contributed by atoms with van der Waals surface area (Å²) in [7, 11) is 0. The van der Waals surface area contributed by atoms with Crippen LogP contribution in [-0.2, 0) is 28.4 Å². The molecule has 0 radical (unpaired) electrons. The smallest absolute Gasteiger partial charge is 0.138 e. The van der Waals surface area contributed by atoms with Gasteiger partial charge in [0, 0.05) is 13.2 Å². The average Bonchev–Trinajstić information content (AvgIpc) is 3.50. The fourth-order valence-electron chi connectivity index (χ4n) is 2.74. The summed E-state index contributed by atoms with van der Waals surface area (Å²) in [6.45, 7) is 11.9. The van der Waals surface area contributed by atoms with Crippen LogP contribution in [0.1, 0.15) is 13.8 Å². The molecule has 2 heterocycles. The molecule has 0 spiro atoms. The van der Waals surface area contributed by atoms with Crippen LogP contribution in [-0.4, -0.2) is 92.5 Å². The van der Waals surface area contributed by atoms with E-state index in [1.54, 1.807) is 22.7 Å². The summed E-state index contributed by atoms with van der Waals surface area (Å²) in [4.78, 5) is 2.13. The lowest BCUT2D eigenvalue weighted by Crippen LogP contribution is -2.13. The molecule has 0 atom stereocenters. The summed E-state index contributed by atoms with van der Waals surface area (Å²) in [6, 6.07) is 3.96. The van der Waals surface area contributed by atoms with Crippen LogP contribution in [0, 0.1) is 0 Å². The van der Waals surface area contributed by atoms with Crippen LogP contribution >= 0.6 is 22.7 Å². The van der Waals surface area contributed by atoms with Crippen molar-refractivity contribution in [1.29, 1.82) is 0 Å². The van der Waals surface area contributed by atoms with Crippen molar-refractivity contribution in [2.75, 3.05) is 92.5 Å². The van der Waals surface area contributed by atoms with Gasteiger partial charge in [0.25, 0.3) is 0 Å². The van der Waals surface area contributed by atoms with Gasteiger partial charge in [0.2, 0.25) is 0 Å². The Bertz CT molecular complexity index is 661. The summed E-state index contributed by atoms with van der Waals surface area (Å²) in [5, 5.41) is 4.05. The lowest BCUT2D eigenvalue weighted by molar-refractivity contribution is 0.0113. The summed E-state index contributed by atoms with van der Waals surface area (Å²) < 4.78 is 44.3. The molecular formula is C24H38O8S2. The van der Waals surface area contributed by atoms with Gasteiger partial charge in [-0.25, -0.2) is 0 Å². The Morgan fingerprint density at radius 3 is 1.15 bits per heavy atom. The highest BCUT2D eigenvalue weighted by atomic mass is 32.1. The molecule has 0 aliphatic heterocycles. The minimum absolute atomic E-state index is 0.477. The molecule has 0 aliphatic rings. The number of hydrogen-bond acceptors (Lipinski definition) is 10. The molecule has 2 aromatic rings. The summed E-state index contributed by atoms with van der Waals surface area (Å²) in [5.41, 5.74) is 0. The predicted molar refractivity (Wildman–Crippen MR) is 135 cm³/mol. The fourth-order valence-corrected chi connectivity index (χ4v) is 4.59. The van der Waals surface area contributed by atoms with Gasteiger partial charge in [-0.05, 0) is 36.7 Å². The lowest BCUT2D eigenvalue weighted by Gasteiger charge is -2.10. The highest BCUT2D eigenvalue weighted by Gasteiger charge is 2.15. The van der Waals surface area contributed by atoms with E-state index in [2.05, 4.69) is 0 Å². The molecule has 0 aliphatic carbocycles. The molecule has 34 heavy (non-hydrogen) atoms.